The Labute approximate surface area is 224 Å². The van der Waals surface area contributed by atoms with Gasteiger partial charge in [-0.15, -0.1) is 0 Å². The van der Waals surface area contributed by atoms with Crippen molar-refractivity contribution in [2.75, 3.05) is 18.1 Å². The molecule has 0 radical (unpaired) electrons. The fourth-order valence-electron chi connectivity index (χ4n) is 5.47. The van der Waals surface area contributed by atoms with Crippen LogP contribution in [0.15, 0.2) is 66.7 Å². The van der Waals surface area contributed by atoms with Crippen LogP contribution in [-0.2, 0) is 16.8 Å². The third kappa shape index (κ3) is 4.46. The molecule has 1 N–H and O–H groups in total. The maximum absolute atomic E-state index is 12.7. The number of carbonyl (C=O) groups excluding carboxylic acids is 1. The largest absolute Gasteiger partial charge is 0.490 e. The van der Waals surface area contributed by atoms with Crippen molar-refractivity contribution in [3.63, 3.8) is 0 Å². The number of fused-ring (bicyclic) bond motifs is 3. The van der Waals surface area contributed by atoms with E-state index in [9.17, 15) is 4.79 Å². The molecule has 2 aliphatic heterocycles. The number of anilines is 1. The molecule has 1 amide bonds. The van der Waals surface area contributed by atoms with Crippen molar-refractivity contribution in [1.82, 2.24) is 5.32 Å². The minimum atomic E-state index is -0.663. The summed E-state index contributed by atoms with van der Waals surface area (Å²) in [6, 6.07) is 20.1. The summed E-state index contributed by atoms with van der Waals surface area (Å²) in [6.07, 6.45) is 4.68. The molecule has 3 aromatic carbocycles. The molecule has 2 aliphatic rings. The van der Waals surface area contributed by atoms with Crippen LogP contribution in [0.2, 0.25) is 5.02 Å². The van der Waals surface area contributed by atoms with Crippen molar-refractivity contribution in [3.05, 3.63) is 94.0 Å². The first-order chi connectivity index (χ1) is 17.7. The fraction of sp³-hybridized carbons (Fsp3) is 0.323. The van der Waals surface area contributed by atoms with Crippen molar-refractivity contribution in [2.45, 2.75) is 51.8 Å². The lowest BCUT2D eigenvalue weighted by molar-refractivity contribution is -0.124. The summed E-state index contributed by atoms with van der Waals surface area (Å²) in [4.78, 5) is 15.0. The van der Waals surface area contributed by atoms with Gasteiger partial charge >= 0.3 is 0 Å². The van der Waals surface area contributed by atoms with Crippen LogP contribution < -0.4 is 19.7 Å². The number of hydrogen-bond donors (Lipinski definition) is 1. The van der Waals surface area contributed by atoms with Gasteiger partial charge < -0.3 is 19.7 Å². The average Bonchev–Trinajstić information content (AvgIpc) is 3.06. The quantitative estimate of drug-likeness (QED) is 0.382. The lowest BCUT2D eigenvalue weighted by Gasteiger charge is -2.49. The van der Waals surface area contributed by atoms with Gasteiger partial charge in [-0.1, -0.05) is 73.5 Å². The first-order valence-electron chi connectivity index (χ1n) is 12.8. The van der Waals surface area contributed by atoms with Crippen LogP contribution >= 0.6 is 11.6 Å². The first kappa shape index (κ1) is 25.2. The lowest BCUT2D eigenvalue weighted by Crippen LogP contribution is -2.68. The highest BCUT2D eigenvalue weighted by atomic mass is 35.5. The lowest BCUT2D eigenvalue weighted by atomic mass is 9.74. The molecule has 0 spiro atoms. The second kappa shape index (κ2) is 9.79. The minimum absolute atomic E-state index is 0.0665. The van der Waals surface area contributed by atoms with Gasteiger partial charge in [0.25, 0.3) is 0 Å². The van der Waals surface area contributed by atoms with Crippen molar-refractivity contribution >= 4 is 29.3 Å². The smallest absolute Gasteiger partial charge is 0.223 e. The Hall–Kier alpha value is -3.44. The zero-order valence-corrected chi connectivity index (χ0v) is 22.6. The number of hydrogen-bond acceptors (Lipinski definition) is 4. The van der Waals surface area contributed by atoms with Crippen LogP contribution in [0.3, 0.4) is 0 Å². The van der Waals surface area contributed by atoms with Gasteiger partial charge in [0.2, 0.25) is 5.91 Å². The van der Waals surface area contributed by atoms with Gasteiger partial charge in [0.05, 0.1) is 6.61 Å². The van der Waals surface area contributed by atoms with Gasteiger partial charge in [0.15, 0.2) is 11.5 Å². The van der Waals surface area contributed by atoms with Crippen LogP contribution in [0, 0.1) is 6.92 Å². The van der Waals surface area contributed by atoms with E-state index in [1.54, 1.807) is 0 Å². The Balaban J connectivity index is 1.47. The zero-order valence-electron chi connectivity index (χ0n) is 21.8. The third-order valence-corrected chi connectivity index (χ3v) is 7.88. The second-order valence-corrected chi connectivity index (χ2v) is 10.6. The maximum atomic E-state index is 12.7. The molecular formula is C31H33ClN2O3. The standard InChI is InChI=1S/C31H33ClN2O3/c1-5-36-28-19-22(11-13-27(28)37-20-23-8-6-7-9-25(23)32)14-16-31-30(3,4)24-18-21(2)10-12-26(24)34(31)17-15-29(35)33-31/h6-14,16,18-19H,5,15,17,20H2,1-4H3,(H,33,35)/b16-14+/t31-/m1/s1. The summed E-state index contributed by atoms with van der Waals surface area (Å²) in [5.41, 5.74) is 4.53. The summed E-state index contributed by atoms with van der Waals surface area (Å²) in [5, 5.41) is 4.02. The van der Waals surface area contributed by atoms with Gasteiger partial charge in [0, 0.05) is 34.7 Å². The molecule has 1 atom stereocenters. The first-order valence-corrected chi connectivity index (χ1v) is 13.1. The summed E-state index contributed by atoms with van der Waals surface area (Å²) in [5.74, 6) is 1.40. The Morgan fingerprint density at radius 1 is 1.05 bits per heavy atom. The molecule has 0 saturated carbocycles. The number of amides is 1. The second-order valence-electron chi connectivity index (χ2n) is 10.2. The number of rotatable bonds is 7. The number of halogens is 1. The van der Waals surface area contributed by atoms with Crippen molar-refractivity contribution in [2.24, 2.45) is 0 Å². The summed E-state index contributed by atoms with van der Waals surface area (Å²) in [6.45, 7) is 10.0. The van der Waals surface area contributed by atoms with E-state index in [-0.39, 0.29) is 11.3 Å². The molecule has 5 nitrogen and oxygen atoms in total. The predicted octanol–water partition coefficient (Wildman–Crippen LogP) is 6.65. The SMILES string of the molecule is CCOc1cc(/C=C/[C@@]23NC(=O)CCN2c2ccc(C)cc2C3(C)C)ccc1OCc1ccccc1Cl. The molecule has 0 bridgehead atoms. The van der Waals surface area contributed by atoms with Crippen LogP contribution in [0.4, 0.5) is 5.69 Å². The molecule has 0 aromatic heterocycles. The van der Waals surface area contributed by atoms with E-state index in [4.69, 9.17) is 21.1 Å². The molecule has 1 fully saturated rings. The van der Waals surface area contributed by atoms with Gasteiger partial charge in [-0.3, -0.25) is 4.79 Å². The normalized spacial score (nSPS) is 19.9. The van der Waals surface area contributed by atoms with Gasteiger partial charge in [-0.2, -0.15) is 0 Å². The van der Waals surface area contributed by atoms with E-state index in [1.807, 2.05) is 49.4 Å². The van der Waals surface area contributed by atoms with Gasteiger partial charge in [0.1, 0.15) is 12.3 Å². The van der Waals surface area contributed by atoms with E-state index in [0.717, 1.165) is 11.1 Å². The number of ether oxygens (including phenoxy) is 2. The molecule has 6 heteroatoms. The maximum Gasteiger partial charge on any atom is 0.223 e. The number of benzene rings is 3. The Kier molecular flexibility index (Phi) is 6.67. The predicted molar refractivity (Wildman–Crippen MR) is 149 cm³/mol. The Bertz CT molecular complexity index is 1370. The summed E-state index contributed by atoms with van der Waals surface area (Å²) in [7, 11) is 0. The van der Waals surface area contributed by atoms with Crippen LogP contribution in [0.5, 0.6) is 11.5 Å². The number of carbonyl (C=O) groups is 1. The molecule has 0 aliphatic carbocycles. The van der Waals surface area contributed by atoms with Crippen molar-refractivity contribution in [3.8, 4) is 11.5 Å². The molecule has 2 heterocycles. The van der Waals surface area contributed by atoms with E-state index in [2.05, 4.69) is 61.3 Å². The van der Waals surface area contributed by atoms with E-state index in [1.165, 1.54) is 16.8 Å². The Morgan fingerprint density at radius 2 is 1.86 bits per heavy atom. The van der Waals surface area contributed by atoms with Crippen molar-refractivity contribution in [1.29, 1.82) is 0 Å². The number of nitrogens with one attached hydrogen (secondary N) is 1. The van der Waals surface area contributed by atoms with Crippen molar-refractivity contribution < 1.29 is 14.3 Å². The highest BCUT2D eigenvalue weighted by Gasteiger charge is 2.57. The molecule has 37 heavy (non-hydrogen) atoms. The van der Waals surface area contributed by atoms with Gasteiger partial charge in [-0.25, -0.2) is 0 Å². The van der Waals surface area contributed by atoms with Crippen LogP contribution in [0.25, 0.3) is 6.08 Å². The van der Waals surface area contributed by atoms with Gasteiger partial charge in [-0.05, 0) is 55.3 Å². The average molecular weight is 517 g/mol. The summed E-state index contributed by atoms with van der Waals surface area (Å²) < 4.78 is 12.0. The topological polar surface area (TPSA) is 50.8 Å². The highest BCUT2D eigenvalue weighted by molar-refractivity contribution is 6.31. The molecule has 0 unspecified atom stereocenters. The minimum Gasteiger partial charge on any atom is -0.490 e. The molecule has 192 valence electrons. The fourth-order valence-corrected chi connectivity index (χ4v) is 5.66. The molecule has 5 rings (SSSR count). The summed E-state index contributed by atoms with van der Waals surface area (Å²) >= 11 is 6.30. The Morgan fingerprint density at radius 3 is 2.65 bits per heavy atom. The highest BCUT2D eigenvalue weighted by Crippen LogP contribution is 2.52. The molecular weight excluding hydrogens is 484 g/mol. The molecule has 3 aromatic rings. The van der Waals surface area contributed by atoms with E-state index in [0.29, 0.717) is 42.7 Å². The van der Waals surface area contributed by atoms with Crippen LogP contribution in [-0.4, -0.2) is 24.7 Å². The zero-order chi connectivity index (χ0) is 26.2. The third-order valence-electron chi connectivity index (χ3n) is 7.51. The monoisotopic (exact) mass is 516 g/mol. The number of nitrogens with zero attached hydrogens (tertiary/aromatic N) is 1. The van der Waals surface area contributed by atoms with Crippen LogP contribution in [0.1, 0.15) is 49.4 Å². The van der Waals surface area contributed by atoms with E-state index >= 15 is 0 Å². The van der Waals surface area contributed by atoms with E-state index < -0.39 is 5.66 Å². The molecule has 1 saturated heterocycles. The number of aryl methyl sites for hydroxylation is 1.